The van der Waals surface area contributed by atoms with Gasteiger partial charge in [-0.05, 0) is 43.2 Å². The van der Waals surface area contributed by atoms with E-state index in [1.807, 2.05) is 6.07 Å². The van der Waals surface area contributed by atoms with Crippen LogP contribution in [0.5, 0.6) is 11.5 Å². The number of amides is 1. The monoisotopic (exact) mass is 429 g/mol. The van der Waals surface area contributed by atoms with Crippen molar-refractivity contribution in [2.75, 3.05) is 25.1 Å². The van der Waals surface area contributed by atoms with E-state index in [1.54, 1.807) is 30.3 Å². The molecule has 0 radical (unpaired) electrons. The van der Waals surface area contributed by atoms with Crippen molar-refractivity contribution in [3.8, 4) is 17.6 Å². The van der Waals surface area contributed by atoms with Gasteiger partial charge in [-0.2, -0.15) is 5.26 Å². The number of carbonyl (C=O) groups excluding carboxylic acids is 1. The molecule has 1 aliphatic rings. The van der Waals surface area contributed by atoms with Gasteiger partial charge in [-0.15, -0.1) is 0 Å². The van der Waals surface area contributed by atoms with E-state index in [2.05, 4.69) is 10.0 Å². The molecule has 0 saturated heterocycles. The Morgan fingerprint density at radius 3 is 2.63 bits per heavy atom. The number of nitriles is 1. The molecule has 2 aromatic rings. The minimum absolute atomic E-state index is 0.130. The Hall–Kier alpha value is -3.09. The van der Waals surface area contributed by atoms with Crippen molar-refractivity contribution in [2.24, 2.45) is 0 Å². The molecule has 1 heterocycles. The minimum atomic E-state index is -3.64. The summed E-state index contributed by atoms with van der Waals surface area (Å²) in [5, 5.41) is 11.6. The number of anilines is 1. The molecule has 3 rings (SSSR count). The number of benzene rings is 2. The molecule has 0 saturated carbocycles. The van der Waals surface area contributed by atoms with Gasteiger partial charge in [0, 0.05) is 24.7 Å². The lowest BCUT2D eigenvalue weighted by atomic mass is 10.1. The van der Waals surface area contributed by atoms with Crippen LogP contribution in [0.25, 0.3) is 0 Å². The lowest BCUT2D eigenvalue weighted by Crippen LogP contribution is -2.25. The van der Waals surface area contributed by atoms with Gasteiger partial charge in [0.1, 0.15) is 13.2 Å². The van der Waals surface area contributed by atoms with Crippen LogP contribution in [-0.2, 0) is 14.8 Å². The topological polar surface area (TPSA) is 118 Å². The fourth-order valence-electron chi connectivity index (χ4n) is 2.96. The van der Waals surface area contributed by atoms with Crippen LogP contribution in [0.3, 0.4) is 0 Å². The van der Waals surface area contributed by atoms with E-state index in [0.29, 0.717) is 61.6 Å². The molecular weight excluding hydrogens is 406 g/mol. The van der Waals surface area contributed by atoms with Crippen molar-refractivity contribution in [1.29, 1.82) is 5.26 Å². The summed E-state index contributed by atoms with van der Waals surface area (Å²) in [7, 11) is -3.64. The zero-order valence-corrected chi connectivity index (χ0v) is 17.2. The van der Waals surface area contributed by atoms with E-state index in [0.717, 1.165) is 0 Å². The van der Waals surface area contributed by atoms with E-state index >= 15 is 0 Å². The molecule has 0 aliphatic carbocycles. The summed E-state index contributed by atoms with van der Waals surface area (Å²) in [6.07, 6.45) is 2.28. The Balaban J connectivity index is 1.37. The Bertz CT molecular complexity index is 1050. The number of unbranched alkanes of at least 4 members (excludes halogenated alkanes) is 2. The van der Waals surface area contributed by atoms with E-state index < -0.39 is 10.0 Å². The fraction of sp³-hybridized carbons (Fsp3) is 0.333. The first-order valence-electron chi connectivity index (χ1n) is 9.67. The van der Waals surface area contributed by atoms with Crippen molar-refractivity contribution < 1.29 is 22.7 Å². The van der Waals surface area contributed by atoms with E-state index in [4.69, 9.17) is 14.7 Å². The van der Waals surface area contributed by atoms with Gasteiger partial charge in [0.15, 0.2) is 11.5 Å². The zero-order chi connectivity index (χ0) is 21.4. The van der Waals surface area contributed by atoms with E-state index in [-0.39, 0.29) is 17.3 Å². The Labute approximate surface area is 175 Å². The third-order valence-electron chi connectivity index (χ3n) is 4.47. The lowest BCUT2D eigenvalue weighted by molar-refractivity contribution is -0.116. The first-order chi connectivity index (χ1) is 14.5. The fourth-order valence-corrected chi connectivity index (χ4v) is 4.05. The molecule has 0 bridgehead atoms. The number of hydrogen-bond acceptors (Lipinski definition) is 6. The standard InChI is InChI=1S/C21H23N3O5S/c22-15-16-5-4-6-17(13-16)24-21(25)7-2-1-3-10-23-30(26,27)18-8-9-19-20(14-18)29-12-11-28-19/h4-6,8-9,13-14,23H,1-3,7,10-12H2,(H,24,25). The molecule has 9 heteroatoms. The molecule has 158 valence electrons. The van der Waals surface area contributed by atoms with Crippen molar-refractivity contribution in [1.82, 2.24) is 4.72 Å². The summed E-state index contributed by atoms with van der Waals surface area (Å²) in [6.45, 7) is 1.12. The van der Waals surface area contributed by atoms with E-state index in [9.17, 15) is 13.2 Å². The molecule has 0 unspecified atom stereocenters. The molecule has 8 nitrogen and oxygen atoms in total. The number of rotatable bonds is 9. The summed E-state index contributed by atoms with van der Waals surface area (Å²) in [5.41, 5.74) is 1.07. The molecule has 0 aromatic heterocycles. The molecule has 1 aliphatic heterocycles. The molecule has 1 amide bonds. The van der Waals surface area contributed by atoms with Crippen LogP contribution in [0.1, 0.15) is 31.2 Å². The third kappa shape index (κ3) is 5.95. The second kappa shape index (κ2) is 10.1. The van der Waals surface area contributed by atoms with Crippen LogP contribution < -0.4 is 19.5 Å². The van der Waals surface area contributed by atoms with Crippen molar-refractivity contribution >= 4 is 21.6 Å². The summed E-state index contributed by atoms with van der Waals surface area (Å²) in [6, 6.07) is 13.3. The number of carbonyl (C=O) groups is 1. The predicted molar refractivity (Wildman–Crippen MR) is 111 cm³/mol. The van der Waals surface area contributed by atoms with Gasteiger partial charge < -0.3 is 14.8 Å². The third-order valence-corrected chi connectivity index (χ3v) is 5.93. The Morgan fingerprint density at radius 1 is 1.03 bits per heavy atom. The molecule has 2 N–H and O–H groups in total. The maximum atomic E-state index is 12.4. The number of nitrogens with one attached hydrogen (secondary N) is 2. The van der Waals surface area contributed by atoms with Crippen LogP contribution in [-0.4, -0.2) is 34.1 Å². The highest BCUT2D eigenvalue weighted by Crippen LogP contribution is 2.32. The average Bonchev–Trinajstić information content (AvgIpc) is 2.76. The van der Waals surface area contributed by atoms with Gasteiger partial charge in [0.25, 0.3) is 0 Å². The van der Waals surface area contributed by atoms with Crippen molar-refractivity contribution in [3.63, 3.8) is 0 Å². The van der Waals surface area contributed by atoms with Gasteiger partial charge in [-0.1, -0.05) is 12.5 Å². The average molecular weight is 429 g/mol. The lowest BCUT2D eigenvalue weighted by Gasteiger charge is -2.18. The number of fused-ring (bicyclic) bond motifs is 1. The summed E-state index contributed by atoms with van der Waals surface area (Å²) in [5.74, 6) is 0.829. The van der Waals surface area contributed by atoms with Crippen LogP contribution in [0, 0.1) is 11.3 Å². The number of nitrogens with zero attached hydrogens (tertiary/aromatic N) is 1. The van der Waals surface area contributed by atoms with E-state index in [1.165, 1.54) is 12.1 Å². The molecule has 0 fully saturated rings. The Kier molecular flexibility index (Phi) is 7.27. The number of hydrogen-bond donors (Lipinski definition) is 2. The first kappa shape index (κ1) is 21.6. The second-order valence-corrected chi connectivity index (χ2v) is 8.52. The van der Waals surface area contributed by atoms with Gasteiger partial charge in [-0.25, -0.2) is 13.1 Å². The van der Waals surface area contributed by atoms with Crippen LogP contribution in [0.2, 0.25) is 0 Å². The SMILES string of the molecule is N#Cc1cccc(NC(=O)CCCCCNS(=O)(=O)c2ccc3c(c2)OCCO3)c1. The van der Waals surface area contributed by atoms with Gasteiger partial charge in [0.2, 0.25) is 15.9 Å². The molecule has 0 spiro atoms. The second-order valence-electron chi connectivity index (χ2n) is 6.75. The molecule has 2 aromatic carbocycles. The van der Waals surface area contributed by atoms with Crippen LogP contribution in [0.4, 0.5) is 5.69 Å². The summed E-state index contributed by atoms with van der Waals surface area (Å²) >= 11 is 0. The van der Waals surface area contributed by atoms with Crippen LogP contribution >= 0.6 is 0 Å². The number of sulfonamides is 1. The maximum Gasteiger partial charge on any atom is 0.240 e. The minimum Gasteiger partial charge on any atom is -0.486 e. The first-order valence-corrected chi connectivity index (χ1v) is 11.2. The largest absolute Gasteiger partial charge is 0.486 e. The highest BCUT2D eigenvalue weighted by molar-refractivity contribution is 7.89. The summed E-state index contributed by atoms with van der Waals surface area (Å²) in [4.78, 5) is 12.1. The highest BCUT2D eigenvalue weighted by atomic mass is 32.2. The summed E-state index contributed by atoms with van der Waals surface area (Å²) < 4.78 is 38.2. The molecular formula is C21H23N3O5S. The van der Waals surface area contributed by atoms with Crippen molar-refractivity contribution in [3.05, 3.63) is 48.0 Å². The Morgan fingerprint density at radius 2 is 1.83 bits per heavy atom. The predicted octanol–water partition coefficient (Wildman–Crippen LogP) is 2.81. The van der Waals surface area contributed by atoms with Gasteiger partial charge in [-0.3, -0.25) is 4.79 Å². The van der Waals surface area contributed by atoms with Crippen molar-refractivity contribution in [2.45, 2.75) is 30.6 Å². The molecule has 0 atom stereocenters. The van der Waals surface area contributed by atoms with Gasteiger partial charge >= 0.3 is 0 Å². The quantitative estimate of drug-likeness (QED) is 0.592. The number of ether oxygens (including phenoxy) is 2. The van der Waals surface area contributed by atoms with Crippen LogP contribution in [0.15, 0.2) is 47.4 Å². The normalized spacial score (nSPS) is 12.8. The smallest absolute Gasteiger partial charge is 0.240 e. The molecule has 30 heavy (non-hydrogen) atoms. The highest BCUT2D eigenvalue weighted by Gasteiger charge is 2.18. The van der Waals surface area contributed by atoms with Gasteiger partial charge in [0.05, 0.1) is 16.5 Å². The zero-order valence-electron chi connectivity index (χ0n) is 16.4. The maximum absolute atomic E-state index is 12.4.